The zero-order valence-corrected chi connectivity index (χ0v) is 16.1. The van der Waals surface area contributed by atoms with Crippen LogP contribution in [0, 0.1) is 6.92 Å². The van der Waals surface area contributed by atoms with E-state index < -0.39 is 0 Å². The second kappa shape index (κ2) is 6.67. The van der Waals surface area contributed by atoms with Crippen LogP contribution >= 0.6 is 0 Å². The zero-order chi connectivity index (χ0) is 20.0. The minimum Gasteiger partial charge on any atom is -0.497 e. The minimum atomic E-state index is -0.381. The molecule has 0 saturated heterocycles. The van der Waals surface area contributed by atoms with Gasteiger partial charge in [0.1, 0.15) is 22.7 Å². The lowest BCUT2D eigenvalue weighted by molar-refractivity contribution is 0.415. The van der Waals surface area contributed by atoms with Crippen molar-refractivity contribution in [2.45, 2.75) is 6.92 Å². The van der Waals surface area contributed by atoms with E-state index in [4.69, 9.17) is 13.6 Å². The van der Waals surface area contributed by atoms with Crippen molar-refractivity contribution in [3.63, 3.8) is 0 Å². The summed E-state index contributed by atoms with van der Waals surface area (Å²) in [5.41, 5.74) is 4.28. The summed E-state index contributed by atoms with van der Waals surface area (Å²) in [5, 5.41) is 1.84. The first-order valence-corrected chi connectivity index (χ1v) is 9.35. The van der Waals surface area contributed by atoms with Gasteiger partial charge in [-0.25, -0.2) is 4.79 Å². The van der Waals surface area contributed by atoms with Gasteiger partial charge in [-0.15, -0.1) is 0 Å². The molecule has 0 unspecified atom stereocenters. The molecule has 2 heterocycles. The van der Waals surface area contributed by atoms with Crippen LogP contribution < -0.4 is 10.4 Å². The fraction of sp³-hybridized carbons (Fsp3) is 0.0800. The Hall–Kier alpha value is -3.79. The quantitative estimate of drug-likeness (QED) is 0.349. The molecule has 0 amide bonds. The summed E-state index contributed by atoms with van der Waals surface area (Å²) in [6.07, 6.45) is 0. The third-order valence-corrected chi connectivity index (χ3v) is 5.18. The first-order valence-electron chi connectivity index (χ1n) is 9.35. The fourth-order valence-corrected chi connectivity index (χ4v) is 3.77. The van der Waals surface area contributed by atoms with Crippen LogP contribution in [0.4, 0.5) is 0 Å². The molecule has 0 saturated carbocycles. The largest absolute Gasteiger partial charge is 0.497 e. The van der Waals surface area contributed by atoms with Crippen molar-refractivity contribution in [3.8, 4) is 28.0 Å². The minimum absolute atomic E-state index is 0.381. The van der Waals surface area contributed by atoms with Crippen LogP contribution in [0.5, 0.6) is 5.75 Å². The molecule has 5 aromatic rings. The second-order valence-corrected chi connectivity index (χ2v) is 6.96. The Morgan fingerprint density at radius 2 is 1.55 bits per heavy atom. The Balaban J connectivity index is 1.74. The SMILES string of the molecule is COc1ccc(-c2cc3cc4c(-c5ccccc5)c(C)oc4cc3oc2=O)cc1. The molecule has 142 valence electrons. The number of methoxy groups -OCH3 is 1. The Morgan fingerprint density at radius 1 is 0.793 bits per heavy atom. The molecule has 3 aromatic carbocycles. The van der Waals surface area contributed by atoms with Crippen molar-refractivity contribution in [2.24, 2.45) is 0 Å². The predicted molar refractivity (Wildman–Crippen MR) is 114 cm³/mol. The number of benzene rings is 3. The second-order valence-electron chi connectivity index (χ2n) is 6.96. The molecule has 4 nitrogen and oxygen atoms in total. The summed E-state index contributed by atoms with van der Waals surface area (Å²) >= 11 is 0. The molecule has 5 rings (SSSR count). The van der Waals surface area contributed by atoms with E-state index in [9.17, 15) is 4.79 Å². The molecule has 4 heteroatoms. The van der Waals surface area contributed by atoms with Gasteiger partial charge in [0.25, 0.3) is 0 Å². The van der Waals surface area contributed by atoms with E-state index in [1.54, 1.807) is 13.2 Å². The molecule has 0 aliphatic rings. The highest BCUT2D eigenvalue weighted by Gasteiger charge is 2.16. The van der Waals surface area contributed by atoms with E-state index >= 15 is 0 Å². The first kappa shape index (κ1) is 17.3. The maximum absolute atomic E-state index is 12.6. The highest BCUT2D eigenvalue weighted by molar-refractivity contribution is 6.03. The smallest absolute Gasteiger partial charge is 0.344 e. The van der Waals surface area contributed by atoms with E-state index in [1.807, 2.05) is 61.5 Å². The van der Waals surface area contributed by atoms with Gasteiger partial charge in [-0.05, 0) is 42.3 Å². The summed E-state index contributed by atoms with van der Waals surface area (Å²) in [5.74, 6) is 1.57. The summed E-state index contributed by atoms with van der Waals surface area (Å²) < 4.78 is 16.8. The van der Waals surface area contributed by atoms with Gasteiger partial charge in [-0.3, -0.25) is 0 Å². The average Bonchev–Trinajstić information content (AvgIpc) is 3.07. The number of furan rings is 1. The molecule has 0 radical (unpaired) electrons. The topological polar surface area (TPSA) is 52.6 Å². The average molecular weight is 382 g/mol. The van der Waals surface area contributed by atoms with Gasteiger partial charge >= 0.3 is 5.63 Å². The van der Waals surface area contributed by atoms with Gasteiger partial charge in [0.2, 0.25) is 0 Å². The summed E-state index contributed by atoms with van der Waals surface area (Å²) in [6.45, 7) is 1.95. The van der Waals surface area contributed by atoms with E-state index in [2.05, 4.69) is 12.1 Å². The van der Waals surface area contributed by atoms with Crippen molar-refractivity contribution in [1.29, 1.82) is 0 Å². The summed E-state index contributed by atoms with van der Waals surface area (Å²) in [7, 11) is 1.61. The first-order chi connectivity index (χ1) is 14.1. The van der Waals surface area contributed by atoms with Crippen molar-refractivity contribution in [1.82, 2.24) is 0 Å². The predicted octanol–water partition coefficient (Wildman–Crippen LogP) is 6.19. The summed E-state index contributed by atoms with van der Waals surface area (Å²) in [4.78, 5) is 12.6. The molecule has 0 atom stereocenters. The van der Waals surface area contributed by atoms with Crippen LogP contribution in [0.2, 0.25) is 0 Å². The molecule has 0 bridgehead atoms. The molecule has 2 aromatic heterocycles. The van der Waals surface area contributed by atoms with Crippen molar-refractivity contribution in [3.05, 3.63) is 89.0 Å². The van der Waals surface area contributed by atoms with Gasteiger partial charge < -0.3 is 13.6 Å². The van der Waals surface area contributed by atoms with E-state index in [0.717, 1.165) is 39.0 Å². The van der Waals surface area contributed by atoms with Crippen LogP contribution in [0.25, 0.3) is 44.2 Å². The number of ether oxygens (including phenoxy) is 1. The standard InChI is InChI=1S/C25H18O4/c1-15-24(17-6-4-3-5-7-17)21-13-18-12-20(16-8-10-19(27-2)11-9-16)25(26)29-22(18)14-23(21)28-15/h3-14H,1-2H3. The Labute approximate surface area is 167 Å². The molecular weight excluding hydrogens is 364 g/mol. The maximum Gasteiger partial charge on any atom is 0.344 e. The van der Waals surface area contributed by atoms with Gasteiger partial charge in [0, 0.05) is 22.4 Å². The van der Waals surface area contributed by atoms with E-state index in [-0.39, 0.29) is 5.63 Å². The molecule has 0 fully saturated rings. The van der Waals surface area contributed by atoms with E-state index in [0.29, 0.717) is 16.7 Å². The van der Waals surface area contributed by atoms with Crippen molar-refractivity contribution in [2.75, 3.05) is 7.11 Å². The van der Waals surface area contributed by atoms with Crippen LogP contribution in [0.3, 0.4) is 0 Å². The Kier molecular flexibility index (Phi) is 3.98. The third kappa shape index (κ3) is 2.90. The highest BCUT2D eigenvalue weighted by Crippen LogP contribution is 2.37. The molecule has 29 heavy (non-hydrogen) atoms. The maximum atomic E-state index is 12.6. The molecule has 0 spiro atoms. The van der Waals surface area contributed by atoms with Gasteiger partial charge in [-0.1, -0.05) is 42.5 Å². The van der Waals surface area contributed by atoms with Gasteiger partial charge in [-0.2, -0.15) is 0 Å². The van der Waals surface area contributed by atoms with Crippen LogP contribution in [0.1, 0.15) is 5.76 Å². The van der Waals surface area contributed by atoms with Gasteiger partial charge in [0.05, 0.1) is 12.7 Å². The molecule has 0 aliphatic carbocycles. The molecule has 0 aliphatic heterocycles. The lowest BCUT2D eigenvalue weighted by Crippen LogP contribution is -2.02. The van der Waals surface area contributed by atoms with E-state index in [1.165, 1.54) is 0 Å². The third-order valence-electron chi connectivity index (χ3n) is 5.18. The van der Waals surface area contributed by atoms with Crippen LogP contribution in [0.15, 0.2) is 86.4 Å². The van der Waals surface area contributed by atoms with Crippen LogP contribution in [-0.2, 0) is 0 Å². The van der Waals surface area contributed by atoms with Crippen molar-refractivity contribution < 1.29 is 13.6 Å². The summed E-state index contributed by atoms with van der Waals surface area (Å²) in [6, 6.07) is 23.2. The van der Waals surface area contributed by atoms with Gasteiger partial charge in [0.15, 0.2) is 0 Å². The normalized spacial score (nSPS) is 11.2. The monoisotopic (exact) mass is 382 g/mol. The number of fused-ring (bicyclic) bond motifs is 2. The number of hydrogen-bond donors (Lipinski definition) is 0. The van der Waals surface area contributed by atoms with Crippen LogP contribution in [-0.4, -0.2) is 7.11 Å². The highest BCUT2D eigenvalue weighted by atomic mass is 16.5. The molecular formula is C25H18O4. The Morgan fingerprint density at radius 3 is 2.28 bits per heavy atom. The number of aryl methyl sites for hydroxylation is 1. The lowest BCUT2D eigenvalue weighted by Gasteiger charge is -2.05. The number of rotatable bonds is 3. The fourth-order valence-electron chi connectivity index (χ4n) is 3.77. The Bertz CT molecular complexity index is 1390. The number of hydrogen-bond acceptors (Lipinski definition) is 4. The molecule has 0 N–H and O–H groups in total. The lowest BCUT2D eigenvalue weighted by atomic mass is 10.0. The zero-order valence-electron chi connectivity index (χ0n) is 16.1. The van der Waals surface area contributed by atoms with Crippen molar-refractivity contribution >= 4 is 21.9 Å².